The topological polar surface area (TPSA) is 144 Å². The van der Waals surface area contributed by atoms with Gasteiger partial charge in [0.25, 0.3) is 11.8 Å². The van der Waals surface area contributed by atoms with Crippen LogP contribution >= 0.6 is 0 Å². The maximum atomic E-state index is 16.5. The number of pyridine rings is 1. The number of nitrogens with zero attached hydrogens (tertiary/aromatic N) is 1. The van der Waals surface area contributed by atoms with E-state index < -0.39 is 58.8 Å². The van der Waals surface area contributed by atoms with Crippen LogP contribution in [0.4, 0.5) is 8.78 Å². The minimum atomic E-state index is -3.95. The summed E-state index contributed by atoms with van der Waals surface area (Å²) in [4.78, 5) is 44.1. The zero-order valence-corrected chi connectivity index (χ0v) is 27.6. The summed E-state index contributed by atoms with van der Waals surface area (Å²) >= 11 is 0. The van der Waals surface area contributed by atoms with Crippen LogP contribution in [0.3, 0.4) is 0 Å². The standard InChI is InChI=1S/C36H46F2N4O5/c1-24(2)35(39,33(46)47-23-27-18-12-13-19-40-27)32(45)41-28(20-25-14-8-6-9-15-25)31(44)36(37,38)29(21-26-16-10-7-11-17-26)42-30(43)22-34(3,4)5/h6-19,24,28-29,31,44H,20-23,39H2,1-5H3,(H,41,45)(H,42,43)/t28?,29?,31?,35-/m0/s1. The van der Waals surface area contributed by atoms with Gasteiger partial charge < -0.3 is 26.2 Å². The lowest BCUT2D eigenvalue weighted by Crippen LogP contribution is -2.68. The maximum Gasteiger partial charge on any atom is 0.336 e. The van der Waals surface area contributed by atoms with E-state index >= 15 is 8.78 Å². The van der Waals surface area contributed by atoms with E-state index in [4.69, 9.17) is 10.5 Å². The first-order valence-electron chi connectivity index (χ1n) is 15.6. The van der Waals surface area contributed by atoms with Gasteiger partial charge in [0.2, 0.25) is 5.91 Å². The number of nitrogens with two attached hydrogens (primary N) is 1. The summed E-state index contributed by atoms with van der Waals surface area (Å²) in [6.07, 6.45) is -1.54. The van der Waals surface area contributed by atoms with Gasteiger partial charge in [0, 0.05) is 12.6 Å². The Morgan fingerprint density at radius 3 is 1.94 bits per heavy atom. The number of aliphatic hydroxyl groups is 1. The molecule has 2 amide bonds. The third kappa shape index (κ3) is 10.4. The zero-order valence-electron chi connectivity index (χ0n) is 27.6. The van der Waals surface area contributed by atoms with Crippen LogP contribution in [0.25, 0.3) is 0 Å². The number of aromatic nitrogens is 1. The fraction of sp³-hybridized carbons (Fsp3) is 0.444. The Hall–Kier alpha value is -4.22. The number of nitrogens with one attached hydrogen (secondary N) is 2. The Labute approximate surface area is 275 Å². The quantitative estimate of drug-likeness (QED) is 0.141. The summed E-state index contributed by atoms with van der Waals surface area (Å²) < 4.78 is 38.4. The number of halogens is 2. The van der Waals surface area contributed by atoms with E-state index in [-0.39, 0.29) is 25.9 Å². The fourth-order valence-corrected chi connectivity index (χ4v) is 5.06. The highest BCUT2D eigenvalue weighted by Gasteiger charge is 2.53. The molecule has 3 unspecified atom stereocenters. The third-order valence-electron chi connectivity index (χ3n) is 7.87. The monoisotopic (exact) mass is 652 g/mol. The van der Waals surface area contributed by atoms with Crippen molar-refractivity contribution in [3.8, 4) is 0 Å². The maximum absolute atomic E-state index is 16.5. The van der Waals surface area contributed by atoms with Gasteiger partial charge in [-0.15, -0.1) is 0 Å². The van der Waals surface area contributed by atoms with E-state index in [1.54, 1.807) is 78.9 Å². The van der Waals surface area contributed by atoms with Crippen molar-refractivity contribution in [2.75, 3.05) is 0 Å². The number of hydrogen-bond donors (Lipinski definition) is 4. The van der Waals surface area contributed by atoms with Crippen LogP contribution in [0, 0.1) is 11.3 Å². The van der Waals surface area contributed by atoms with Crippen LogP contribution in [-0.4, -0.2) is 57.5 Å². The molecule has 0 saturated carbocycles. The van der Waals surface area contributed by atoms with Gasteiger partial charge in [-0.3, -0.25) is 14.6 Å². The molecular formula is C36H46F2N4O5. The summed E-state index contributed by atoms with van der Waals surface area (Å²) in [5, 5.41) is 16.4. The molecular weight excluding hydrogens is 606 g/mol. The van der Waals surface area contributed by atoms with Gasteiger partial charge in [0.1, 0.15) is 12.7 Å². The molecule has 0 aliphatic rings. The lowest BCUT2D eigenvalue weighted by molar-refractivity contribution is -0.162. The van der Waals surface area contributed by atoms with Gasteiger partial charge in [0.15, 0.2) is 5.54 Å². The SMILES string of the molecule is CC(C)[C@](N)(C(=O)NC(Cc1ccccc1)C(O)C(F)(F)C(Cc1ccccc1)NC(=O)CC(C)(C)C)C(=O)OCc1ccccn1. The molecule has 0 aliphatic carbocycles. The van der Waals surface area contributed by atoms with Crippen molar-refractivity contribution in [3.63, 3.8) is 0 Å². The number of hydrogen-bond acceptors (Lipinski definition) is 7. The molecule has 9 nitrogen and oxygen atoms in total. The molecule has 1 heterocycles. The van der Waals surface area contributed by atoms with Crippen LogP contribution in [0.2, 0.25) is 0 Å². The largest absolute Gasteiger partial charge is 0.457 e. The molecule has 3 aromatic rings. The first-order valence-corrected chi connectivity index (χ1v) is 15.6. The first-order chi connectivity index (χ1) is 22.0. The van der Waals surface area contributed by atoms with Gasteiger partial charge in [-0.05, 0) is 47.4 Å². The molecule has 11 heteroatoms. The normalized spacial score (nSPS) is 15.2. The summed E-state index contributed by atoms with van der Waals surface area (Å²) in [7, 11) is 0. The molecule has 254 valence electrons. The second-order valence-corrected chi connectivity index (χ2v) is 13.4. The fourth-order valence-electron chi connectivity index (χ4n) is 5.06. The average Bonchev–Trinajstić information content (AvgIpc) is 3.02. The van der Waals surface area contributed by atoms with E-state index in [0.717, 1.165) is 0 Å². The minimum absolute atomic E-state index is 0.0284. The predicted molar refractivity (Wildman–Crippen MR) is 175 cm³/mol. The Bertz CT molecular complexity index is 1450. The first kappa shape index (κ1) is 37.2. The highest BCUT2D eigenvalue weighted by Crippen LogP contribution is 2.31. The van der Waals surface area contributed by atoms with Gasteiger partial charge >= 0.3 is 5.97 Å². The van der Waals surface area contributed by atoms with Crippen LogP contribution in [0.1, 0.15) is 57.9 Å². The number of esters is 1. The zero-order chi connectivity index (χ0) is 34.8. The summed E-state index contributed by atoms with van der Waals surface area (Å²) in [6.45, 7) is 8.23. The van der Waals surface area contributed by atoms with Crippen molar-refractivity contribution in [1.29, 1.82) is 0 Å². The predicted octanol–water partition coefficient (Wildman–Crippen LogP) is 4.37. The molecule has 0 fully saturated rings. The van der Waals surface area contributed by atoms with E-state index in [2.05, 4.69) is 15.6 Å². The molecule has 1 aromatic heterocycles. The van der Waals surface area contributed by atoms with Crippen molar-refractivity contribution in [2.24, 2.45) is 17.1 Å². The summed E-state index contributed by atoms with van der Waals surface area (Å²) in [5.74, 6) is -7.55. The molecule has 0 aliphatic heterocycles. The number of alkyl halides is 2. The number of benzene rings is 2. The smallest absolute Gasteiger partial charge is 0.336 e. The van der Waals surface area contributed by atoms with Crippen LogP contribution < -0.4 is 16.4 Å². The Morgan fingerprint density at radius 2 is 1.43 bits per heavy atom. The molecule has 3 rings (SSSR count). The number of aliphatic hydroxyl groups excluding tert-OH is 1. The molecule has 0 radical (unpaired) electrons. The van der Waals surface area contributed by atoms with Gasteiger partial charge in [-0.2, -0.15) is 0 Å². The highest BCUT2D eigenvalue weighted by atomic mass is 19.3. The second kappa shape index (κ2) is 16.1. The van der Waals surface area contributed by atoms with Crippen molar-refractivity contribution < 1.29 is 33.0 Å². The van der Waals surface area contributed by atoms with E-state index in [1.165, 1.54) is 20.0 Å². The summed E-state index contributed by atoms with van der Waals surface area (Å²) in [5.41, 5.74) is 5.10. The number of carbonyl (C=O) groups is 3. The molecule has 47 heavy (non-hydrogen) atoms. The molecule has 2 aromatic carbocycles. The lowest BCUT2D eigenvalue weighted by atomic mass is 9.84. The Balaban J connectivity index is 1.95. The number of carbonyl (C=O) groups excluding carboxylic acids is 3. The van der Waals surface area contributed by atoms with E-state index in [9.17, 15) is 19.5 Å². The number of ether oxygens (including phenoxy) is 1. The van der Waals surface area contributed by atoms with Crippen LogP contribution in [0.15, 0.2) is 85.1 Å². The van der Waals surface area contributed by atoms with Crippen molar-refractivity contribution in [2.45, 2.75) is 90.1 Å². The third-order valence-corrected chi connectivity index (χ3v) is 7.87. The number of rotatable bonds is 15. The van der Waals surface area contributed by atoms with Crippen molar-refractivity contribution >= 4 is 17.8 Å². The molecule has 0 bridgehead atoms. The molecule has 5 N–H and O–H groups in total. The second-order valence-electron chi connectivity index (χ2n) is 13.4. The van der Waals surface area contributed by atoms with Crippen LogP contribution in [0.5, 0.6) is 0 Å². The van der Waals surface area contributed by atoms with E-state index in [1.807, 2.05) is 20.8 Å². The molecule has 0 spiro atoms. The summed E-state index contributed by atoms with van der Waals surface area (Å²) in [6, 6.07) is 18.4. The average molecular weight is 653 g/mol. The molecule has 4 atom stereocenters. The van der Waals surface area contributed by atoms with Crippen molar-refractivity contribution in [3.05, 3.63) is 102 Å². The van der Waals surface area contributed by atoms with Gasteiger partial charge in [-0.25, -0.2) is 13.6 Å². The minimum Gasteiger partial charge on any atom is -0.457 e. The Morgan fingerprint density at radius 1 is 0.872 bits per heavy atom. The van der Waals surface area contributed by atoms with E-state index in [0.29, 0.717) is 16.8 Å². The lowest BCUT2D eigenvalue weighted by Gasteiger charge is -2.38. The number of amides is 2. The van der Waals surface area contributed by atoms with Gasteiger partial charge in [-0.1, -0.05) is 101 Å². The molecule has 0 saturated heterocycles. The Kier molecular flexibility index (Phi) is 12.7. The van der Waals surface area contributed by atoms with Crippen molar-refractivity contribution in [1.82, 2.24) is 15.6 Å². The van der Waals surface area contributed by atoms with Crippen LogP contribution in [-0.2, 0) is 38.6 Å². The highest BCUT2D eigenvalue weighted by molar-refractivity contribution is 6.07. The van der Waals surface area contributed by atoms with Gasteiger partial charge in [0.05, 0.1) is 17.8 Å².